The number of likely N-dealkylation sites (N-methyl/N-ethyl adjacent to an activating group) is 1. The van der Waals surface area contributed by atoms with Gasteiger partial charge in [-0.1, -0.05) is 11.6 Å². The van der Waals surface area contributed by atoms with Crippen molar-refractivity contribution in [1.29, 1.82) is 0 Å². The Morgan fingerprint density at radius 1 is 1.42 bits per heavy atom. The normalized spacial score (nSPS) is 20.6. The molecular weight excluding hydrogens is 148 g/mol. The number of hydrogen-bond acceptors (Lipinski definition) is 2. The number of nitrogens with zero attached hydrogens (tertiary/aromatic N) is 2. The Kier molecular flexibility index (Phi) is 3.23. The molecule has 0 amide bonds. The summed E-state index contributed by atoms with van der Waals surface area (Å²) in [6.45, 7) is 4.36. The Morgan fingerprint density at radius 3 is 2.67 bits per heavy atom. The highest BCUT2D eigenvalue weighted by molar-refractivity contribution is 5.71. The minimum Gasteiger partial charge on any atom is -0.298 e. The van der Waals surface area contributed by atoms with Crippen molar-refractivity contribution in [3.63, 3.8) is 0 Å². The molecule has 2 heteroatoms. The summed E-state index contributed by atoms with van der Waals surface area (Å²) in [5.41, 5.74) is 2.90. The maximum Gasteiger partial charge on any atom is 0.0277 e. The van der Waals surface area contributed by atoms with E-state index in [2.05, 4.69) is 29.9 Å². The van der Waals surface area contributed by atoms with E-state index in [-0.39, 0.29) is 0 Å². The van der Waals surface area contributed by atoms with E-state index in [1.807, 2.05) is 12.3 Å². The van der Waals surface area contributed by atoms with E-state index in [9.17, 15) is 0 Å². The summed E-state index contributed by atoms with van der Waals surface area (Å²) in [6, 6.07) is 0. The zero-order valence-corrected chi connectivity index (χ0v) is 8.04. The fourth-order valence-corrected chi connectivity index (χ4v) is 1.43. The molecule has 0 aromatic rings. The number of hydrogen-bond donors (Lipinski definition) is 0. The molecule has 0 fully saturated rings. The smallest absolute Gasteiger partial charge is 0.0277 e. The van der Waals surface area contributed by atoms with Crippen molar-refractivity contribution in [2.24, 2.45) is 4.99 Å². The van der Waals surface area contributed by atoms with Crippen LogP contribution in [0.2, 0.25) is 0 Å². The highest BCUT2D eigenvalue weighted by Crippen LogP contribution is 2.15. The van der Waals surface area contributed by atoms with Gasteiger partial charge in [-0.05, 0) is 25.6 Å². The molecule has 12 heavy (non-hydrogen) atoms. The van der Waals surface area contributed by atoms with Crippen molar-refractivity contribution >= 4 is 6.21 Å². The molecule has 0 saturated heterocycles. The van der Waals surface area contributed by atoms with E-state index in [4.69, 9.17) is 0 Å². The minimum atomic E-state index is 1.07. The molecule has 0 radical (unpaired) electrons. The van der Waals surface area contributed by atoms with Gasteiger partial charge in [-0.15, -0.1) is 0 Å². The van der Waals surface area contributed by atoms with Crippen LogP contribution in [0.1, 0.15) is 6.92 Å². The maximum absolute atomic E-state index is 3.89. The largest absolute Gasteiger partial charge is 0.298 e. The molecule has 0 aromatic heterocycles. The number of allylic oxidation sites excluding steroid dienone is 1. The Balaban J connectivity index is 2.58. The molecule has 2 nitrogen and oxygen atoms in total. The van der Waals surface area contributed by atoms with Crippen molar-refractivity contribution in [2.75, 3.05) is 27.2 Å². The molecule has 0 aliphatic carbocycles. The van der Waals surface area contributed by atoms with Crippen LogP contribution in [0.4, 0.5) is 0 Å². The van der Waals surface area contributed by atoms with Gasteiger partial charge in [0, 0.05) is 26.4 Å². The lowest BCUT2D eigenvalue weighted by atomic mass is 10.2. The van der Waals surface area contributed by atoms with Crippen LogP contribution in [-0.4, -0.2) is 38.3 Å². The highest BCUT2D eigenvalue weighted by Gasteiger charge is 2.12. The zero-order chi connectivity index (χ0) is 8.97. The van der Waals surface area contributed by atoms with Crippen LogP contribution in [0.3, 0.4) is 0 Å². The van der Waals surface area contributed by atoms with Crippen LogP contribution in [0, 0.1) is 0 Å². The van der Waals surface area contributed by atoms with E-state index in [1.54, 1.807) is 7.05 Å². The van der Waals surface area contributed by atoms with Crippen LogP contribution < -0.4 is 0 Å². The molecular formula is C10H16N2. The first-order valence-electron chi connectivity index (χ1n) is 4.20. The molecule has 0 aromatic carbocycles. The summed E-state index contributed by atoms with van der Waals surface area (Å²) in [4.78, 5) is 6.20. The van der Waals surface area contributed by atoms with Gasteiger partial charge in [0.25, 0.3) is 0 Å². The van der Waals surface area contributed by atoms with Crippen molar-refractivity contribution in [3.8, 4) is 0 Å². The van der Waals surface area contributed by atoms with Gasteiger partial charge in [0.2, 0.25) is 0 Å². The van der Waals surface area contributed by atoms with Crippen molar-refractivity contribution in [3.05, 3.63) is 23.3 Å². The molecule has 66 valence electrons. The standard InChI is InChI=1S/C10H16N2/c1-9-7-12(3)8-10(9)5-4-6-11-2/h4-6H,7-8H2,1-3H3/b5-4-,11-6?. The van der Waals surface area contributed by atoms with Gasteiger partial charge in [-0.25, -0.2) is 0 Å². The molecule has 0 unspecified atom stereocenters. The molecule has 1 aliphatic rings. The zero-order valence-electron chi connectivity index (χ0n) is 8.04. The first kappa shape index (κ1) is 9.20. The van der Waals surface area contributed by atoms with E-state index in [1.165, 1.54) is 11.1 Å². The van der Waals surface area contributed by atoms with Gasteiger partial charge in [0.1, 0.15) is 0 Å². The lowest BCUT2D eigenvalue weighted by Crippen LogP contribution is -2.14. The molecule has 0 bridgehead atoms. The van der Waals surface area contributed by atoms with Gasteiger partial charge in [-0.3, -0.25) is 9.89 Å². The number of aliphatic imine (C=N–C) groups is 1. The third kappa shape index (κ3) is 2.31. The summed E-state index contributed by atoms with van der Waals surface area (Å²) in [5.74, 6) is 0. The Labute approximate surface area is 74.3 Å². The highest BCUT2D eigenvalue weighted by atomic mass is 15.1. The molecule has 0 spiro atoms. The summed E-state index contributed by atoms with van der Waals surface area (Å²) in [7, 11) is 3.92. The third-order valence-corrected chi connectivity index (χ3v) is 2.03. The van der Waals surface area contributed by atoms with E-state index in [0.29, 0.717) is 0 Å². The van der Waals surface area contributed by atoms with E-state index in [0.717, 1.165) is 13.1 Å². The second-order valence-corrected chi connectivity index (χ2v) is 3.24. The summed E-state index contributed by atoms with van der Waals surface area (Å²) >= 11 is 0. The lowest BCUT2D eigenvalue weighted by Gasteiger charge is -2.04. The van der Waals surface area contributed by atoms with Gasteiger partial charge < -0.3 is 0 Å². The van der Waals surface area contributed by atoms with Crippen molar-refractivity contribution in [2.45, 2.75) is 6.92 Å². The maximum atomic E-state index is 3.89. The molecule has 0 N–H and O–H groups in total. The third-order valence-electron chi connectivity index (χ3n) is 2.03. The van der Waals surface area contributed by atoms with Gasteiger partial charge in [0.15, 0.2) is 0 Å². The average molecular weight is 164 g/mol. The first-order valence-corrected chi connectivity index (χ1v) is 4.20. The Hall–Kier alpha value is -0.890. The SMILES string of the molecule is CN=C/C=C\C1=C(C)CN(C)C1. The molecule has 0 saturated carbocycles. The van der Waals surface area contributed by atoms with Gasteiger partial charge in [-0.2, -0.15) is 0 Å². The van der Waals surface area contributed by atoms with Crippen molar-refractivity contribution < 1.29 is 0 Å². The molecule has 1 rings (SSSR count). The molecule has 1 aliphatic heterocycles. The summed E-state index contributed by atoms with van der Waals surface area (Å²) in [5, 5.41) is 0. The van der Waals surface area contributed by atoms with Crippen molar-refractivity contribution in [1.82, 2.24) is 4.90 Å². The van der Waals surface area contributed by atoms with Crippen LogP contribution in [0.25, 0.3) is 0 Å². The molecule has 1 heterocycles. The fraction of sp³-hybridized carbons (Fsp3) is 0.500. The fourth-order valence-electron chi connectivity index (χ4n) is 1.43. The topological polar surface area (TPSA) is 15.6 Å². The van der Waals surface area contributed by atoms with Crippen LogP contribution in [0.5, 0.6) is 0 Å². The Bertz CT molecular complexity index is 236. The molecule has 0 atom stereocenters. The second-order valence-electron chi connectivity index (χ2n) is 3.24. The monoisotopic (exact) mass is 164 g/mol. The van der Waals surface area contributed by atoms with Gasteiger partial charge in [0.05, 0.1) is 0 Å². The van der Waals surface area contributed by atoms with Crippen LogP contribution >= 0.6 is 0 Å². The minimum absolute atomic E-state index is 1.07. The second kappa shape index (κ2) is 4.21. The predicted molar refractivity (Wildman–Crippen MR) is 53.8 cm³/mol. The first-order chi connectivity index (χ1) is 5.74. The van der Waals surface area contributed by atoms with Crippen LogP contribution in [0.15, 0.2) is 28.3 Å². The van der Waals surface area contributed by atoms with E-state index < -0.39 is 0 Å². The quantitative estimate of drug-likeness (QED) is 0.565. The predicted octanol–water partition coefficient (Wildman–Crippen LogP) is 1.51. The number of rotatable bonds is 2. The summed E-state index contributed by atoms with van der Waals surface area (Å²) < 4.78 is 0. The van der Waals surface area contributed by atoms with Gasteiger partial charge >= 0.3 is 0 Å². The van der Waals surface area contributed by atoms with Crippen LogP contribution in [-0.2, 0) is 0 Å². The average Bonchev–Trinajstić information content (AvgIpc) is 2.31. The van der Waals surface area contributed by atoms with E-state index >= 15 is 0 Å². The summed E-state index contributed by atoms with van der Waals surface area (Å²) in [6.07, 6.45) is 5.96. The lowest BCUT2D eigenvalue weighted by molar-refractivity contribution is 0.426. The Morgan fingerprint density at radius 2 is 2.17 bits per heavy atom.